The van der Waals surface area contributed by atoms with Crippen LogP contribution in [0.4, 0.5) is 5.69 Å². The van der Waals surface area contributed by atoms with Crippen LogP contribution in [0.5, 0.6) is 0 Å². The molecule has 0 saturated carbocycles. The molecule has 1 atom stereocenters. The highest BCUT2D eigenvalue weighted by atomic mass is 16.1. The summed E-state index contributed by atoms with van der Waals surface area (Å²) in [6.45, 7) is 11.3. The molecule has 20 heavy (non-hydrogen) atoms. The van der Waals surface area contributed by atoms with Crippen molar-refractivity contribution in [3.63, 3.8) is 0 Å². The first kappa shape index (κ1) is 16.7. The smallest absolute Gasteiger partial charge is 0.228 e. The summed E-state index contributed by atoms with van der Waals surface area (Å²) in [5.41, 5.74) is 3.42. The van der Waals surface area contributed by atoms with Gasteiger partial charge in [0.2, 0.25) is 5.91 Å². The first-order valence-electron chi connectivity index (χ1n) is 7.46. The van der Waals surface area contributed by atoms with E-state index in [1.54, 1.807) is 0 Å². The predicted molar refractivity (Wildman–Crippen MR) is 86.3 cm³/mol. The predicted octanol–water partition coefficient (Wildman–Crippen LogP) is 3.73. The fourth-order valence-electron chi connectivity index (χ4n) is 2.34. The molecule has 0 fully saturated rings. The second-order valence-electron chi connectivity index (χ2n) is 6.07. The number of amides is 1. The van der Waals surface area contributed by atoms with Crippen LogP contribution in [0.2, 0.25) is 0 Å². The summed E-state index contributed by atoms with van der Waals surface area (Å²) < 4.78 is 0. The van der Waals surface area contributed by atoms with Crippen LogP contribution in [0.3, 0.4) is 0 Å². The molecule has 1 unspecified atom stereocenters. The van der Waals surface area contributed by atoms with E-state index in [9.17, 15) is 4.79 Å². The van der Waals surface area contributed by atoms with Crippen molar-refractivity contribution < 1.29 is 4.79 Å². The summed E-state index contributed by atoms with van der Waals surface area (Å²) in [7, 11) is 1.87. The number of para-hydroxylation sites is 1. The van der Waals surface area contributed by atoms with Gasteiger partial charge in [-0.1, -0.05) is 52.8 Å². The van der Waals surface area contributed by atoms with Crippen molar-refractivity contribution in [1.82, 2.24) is 5.32 Å². The summed E-state index contributed by atoms with van der Waals surface area (Å²) in [6, 6.07) is 6.29. The minimum Gasteiger partial charge on any atom is -0.325 e. The van der Waals surface area contributed by atoms with Gasteiger partial charge in [-0.25, -0.2) is 0 Å². The van der Waals surface area contributed by atoms with Gasteiger partial charge in [-0.2, -0.15) is 0 Å². The maximum Gasteiger partial charge on any atom is 0.228 e. The normalized spacial score (nSPS) is 12.8. The quantitative estimate of drug-likeness (QED) is 0.831. The molecular formula is C17H28N2O. The lowest BCUT2D eigenvalue weighted by atomic mass is 9.92. The van der Waals surface area contributed by atoms with E-state index in [0.29, 0.717) is 18.4 Å². The molecule has 1 rings (SSSR count). The molecule has 112 valence electrons. The van der Waals surface area contributed by atoms with E-state index >= 15 is 0 Å². The third-order valence-corrected chi connectivity index (χ3v) is 3.58. The Morgan fingerprint density at radius 3 is 1.95 bits per heavy atom. The molecule has 0 aliphatic heterocycles. The van der Waals surface area contributed by atoms with E-state index in [-0.39, 0.29) is 11.8 Å². The van der Waals surface area contributed by atoms with Crippen molar-refractivity contribution in [2.75, 3.05) is 18.9 Å². The monoisotopic (exact) mass is 276 g/mol. The van der Waals surface area contributed by atoms with E-state index in [2.05, 4.69) is 56.5 Å². The molecule has 1 amide bonds. The molecule has 2 N–H and O–H groups in total. The topological polar surface area (TPSA) is 41.1 Å². The number of anilines is 1. The summed E-state index contributed by atoms with van der Waals surface area (Å²) in [4.78, 5) is 12.3. The Morgan fingerprint density at radius 2 is 1.55 bits per heavy atom. The Labute approximate surface area is 123 Å². The minimum atomic E-state index is -0.0415. The van der Waals surface area contributed by atoms with E-state index in [1.165, 1.54) is 11.1 Å². The van der Waals surface area contributed by atoms with Crippen molar-refractivity contribution >= 4 is 11.6 Å². The van der Waals surface area contributed by atoms with Gasteiger partial charge in [-0.15, -0.1) is 0 Å². The van der Waals surface area contributed by atoms with Gasteiger partial charge in [-0.05, 0) is 30.0 Å². The maximum absolute atomic E-state index is 12.3. The van der Waals surface area contributed by atoms with E-state index in [4.69, 9.17) is 0 Å². The number of nitrogens with one attached hydrogen (secondary N) is 2. The second kappa shape index (κ2) is 7.44. The van der Waals surface area contributed by atoms with Gasteiger partial charge in [0.05, 0.1) is 0 Å². The van der Waals surface area contributed by atoms with Gasteiger partial charge >= 0.3 is 0 Å². The standard InChI is InChI=1S/C17H28N2O/c1-11(2)14-8-7-9-15(12(3)4)16(14)19-17(20)13(5)10-18-6/h7-9,11-13,18H,10H2,1-6H3,(H,19,20). The van der Waals surface area contributed by atoms with Gasteiger partial charge in [0.25, 0.3) is 0 Å². The van der Waals surface area contributed by atoms with E-state index in [1.807, 2.05) is 14.0 Å². The second-order valence-corrected chi connectivity index (χ2v) is 6.07. The molecule has 0 bridgehead atoms. The van der Waals surface area contributed by atoms with E-state index in [0.717, 1.165) is 5.69 Å². The highest BCUT2D eigenvalue weighted by Gasteiger charge is 2.18. The van der Waals surface area contributed by atoms with Crippen molar-refractivity contribution in [2.24, 2.45) is 5.92 Å². The summed E-state index contributed by atoms with van der Waals surface area (Å²) in [5.74, 6) is 0.821. The van der Waals surface area contributed by atoms with Gasteiger partial charge in [0.1, 0.15) is 0 Å². The number of carbonyl (C=O) groups is 1. The fourth-order valence-corrected chi connectivity index (χ4v) is 2.34. The van der Waals surface area contributed by atoms with Crippen molar-refractivity contribution in [3.05, 3.63) is 29.3 Å². The van der Waals surface area contributed by atoms with Crippen molar-refractivity contribution in [3.8, 4) is 0 Å². The lowest BCUT2D eigenvalue weighted by molar-refractivity contribution is -0.119. The highest BCUT2D eigenvalue weighted by molar-refractivity contribution is 5.94. The van der Waals surface area contributed by atoms with Crippen LogP contribution >= 0.6 is 0 Å². The third-order valence-electron chi connectivity index (χ3n) is 3.58. The van der Waals surface area contributed by atoms with Gasteiger partial charge in [0.15, 0.2) is 0 Å². The molecule has 0 spiro atoms. The van der Waals surface area contributed by atoms with Crippen LogP contribution < -0.4 is 10.6 Å². The largest absolute Gasteiger partial charge is 0.325 e. The molecule has 0 saturated heterocycles. The molecule has 0 radical (unpaired) electrons. The number of hydrogen-bond donors (Lipinski definition) is 2. The van der Waals surface area contributed by atoms with Crippen LogP contribution in [0.15, 0.2) is 18.2 Å². The zero-order valence-electron chi connectivity index (χ0n) is 13.6. The van der Waals surface area contributed by atoms with Gasteiger partial charge in [0, 0.05) is 18.2 Å². The van der Waals surface area contributed by atoms with Crippen molar-refractivity contribution in [2.45, 2.75) is 46.5 Å². The highest BCUT2D eigenvalue weighted by Crippen LogP contribution is 2.32. The number of rotatable bonds is 6. The van der Waals surface area contributed by atoms with Crippen molar-refractivity contribution in [1.29, 1.82) is 0 Å². The van der Waals surface area contributed by atoms with Gasteiger partial charge < -0.3 is 10.6 Å². The molecule has 3 nitrogen and oxygen atoms in total. The Hall–Kier alpha value is -1.35. The lowest BCUT2D eigenvalue weighted by Gasteiger charge is -2.21. The summed E-state index contributed by atoms with van der Waals surface area (Å²) in [6.07, 6.45) is 0. The van der Waals surface area contributed by atoms with E-state index < -0.39 is 0 Å². The van der Waals surface area contributed by atoms with Gasteiger partial charge in [-0.3, -0.25) is 4.79 Å². The summed E-state index contributed by atoms with van der Waals surface area (Å²) >= 11 is 0. The minimum absolute atomic E-state index is 0.0415. The zero-order chi connectivity index (χ0) is 15.3. The summed E-state index contributed by atoms with van der Waals surface area (Å²) in [5, 5.41) is 6.20. The number of carbonyl (C=O) groups excluding carboxylic acids is 1. The molecule has 0 heterocycles. The Morgan fingerprint density at radius 1 is 1.05 bits per heavy atom. The average molecular weight is 276 g/mol. The maximum atomic E-state index is 12.3. The molecule has 0 aliphatic rings. The first-order valence-corrected chi connectivity index (χ1v) is 7.46. The molecule has 0 aromatic heterocycles. The molecule has 1 aromatic rings. The molecule has 3 heteroatoms. The van der Waals surface area contributed by atoms with Crippen LogP contribution in [0.1, 0.15) is 57.6 Å². The number of hydrogen-bond acceptors (Lipinski definition) is 2. The van der Waals surface area contributed by atoms with Crippen LogP contribution in [0.25, 0.3) is 0 Å². The first-order chi connectivity index (χ1) is 9.38. The molecule has 0 aliphatic carbocycles. The fraction of sp³-hybridized carbons (Fsp3) is 0.588. The Balaban J connectivity index is 3.11. The van der Waals surface area contributed by atoms with Crippen LogP contribution in [0, 0.1) is 5.92 Å². The van der Waals surface area contributed by atoms with Crippen LogP contribution in [-0.4, -0.2) is 19.5 Å². The molecular weight excluding hydrogens is 248 g/mol. The lowest BCUT2D eigenvalue weighted by Crippen LogP contribution is -2.29. The SMILES string of the molecule is CNCC(C)C(=O)Nc1c(C(C)C)cccc1C(C)C. The average Bonchev–Trinajstić information content (AvgIpc) is 2.38. The van der Waals surface area contributed by atoms with Crippen LogP contribution in [-0.2, 0) is 4.79 Å². The number of benzene rings is 1. The molecule has 1 aromatic carbocycles. The Kier molecular flexibility index (Phi) is 6.21. The Bertz CT molecular complexity index is 426. The third kappa shape index (κ3) is 4.07. The zero-order valence-corrected chi connectivity index (χ0v) is 13.6.